The molecule has 0 amide bonds. The maximum Gasteiger partial charge on any atom is 0.0566 e. The maximum atomic E-state index is 9.95. The Hall–Kier alpha value is -0.160. The summed E-state index contributed by atoms with van der Waals surface area (Å²) in [5, 5.41) is 22.1. The van der Waals surface area contributed by atoms with E-state index in [-0.39, 0.29) is 12.7 Å². The van der Waals surface area contributed by atoms with Crippen LogP contribution in [0.3, 0.4) is 0 Å². The molecule has 4 nitrogen and oxygen atoms in total. The predicted octanol–water partition coefficient (Wildman–Crippen LogP) is 0.296. The van der Waals surface area contributed by atoms with Gasteiger partial charge in [0.05, 0.1) is 12.7 Å². The van der Waals surface area contributed by atoms with Gasteiger partial charge in [0.15, 0.2) is 0 Å². The number of aliphatic hydroxyl groups is 2. The van der Waals surface area contributed by atoms with Crippen molar-refractivity contribution >= 4 is 0 Å². The molecule has 0 spiro atoms. The lowest BCUT2D eigenvalue weighted by Gasteiger charge is -2.37. The third-order valence-electron chi connectivity index (χ3n) is 3.61. The van der Waals surface area contributed by atoms with Crippen molar-refractivity contribution in [2.45, 2.75) is 38.8 Å². The molecule has 1 aliphatic heterocycles. The van der Waals surface area contributed by atoms with Gasteiger partial charge in [0.1, 0.15) is 0 Å². The van der Waals surface area contributed by atoms with Crippen molar-refractivity contribution in [3.8, 4) is 0 Å². The van der Waals surface area contributed by atoms with E-state index in [1.807, 2.05) is 0 Å². The van der Waals surface area contributed by atoms with E-state index in [1.165, 1.54) is 0 Å². The summed E-state index contributed by atoms with van der Waals surface area (Å²) in [4.78, 5) is 2.32. The van der Waals surface area contributed by atoms with E-state index in [9.17, 15) is 5.11 Å². The molecule has 0 aromatic heterocycles. The van der Waals surface area contributed by atoms with Crippen molar-refractivity contribution in [2.24, 2.45) is 11.8 Å². The lowest BCUT2D eigenvalue weighted by molar-refractivity contribution is 0.0680. The second-order valence-electron chi connectivity index (χ2n) is 5.74. The van der Waals surface area contributed by atoms with Gasteiger partial charge in [0.2, 0.25) is 0 Å². The van der Waals surface area contributed by atoms with Gasteiger partial charge in [-0.15, -0.1) is 0 Å². The highest BCUT2D eigenvalue weighted by Crippen LogP contribution is 2.22. The molecule has 1 aliphatic rings. The average Bonchev–Trinajstić information content (AvgIpc) is 2.25. The Bertz CT molecular complexity index is 212. The van der Waals surface area contributed by atoms with Crippen molar-refractivity contribution in [3.05, 3.63) is 0 Å². The van der Waals surface area contributed by atoms with Crippen molar-refractivity contribution in [1.82, 2.24) is 10.2 Å². The molecule has 1 fully saturated rings. The Morgan fingerprint density at radius 2 is 2.06 bits per heavy atom. The van der Waals surface area contributed by atoms with Crippen molar-refractivity contribution < 1.29 is 10.2 Å². The Balaban J connectivity index is 2.39. The number of likely N-dealkylation sites (tertiary alicyclic amines) is 1. The molecule has 3 unspecified atom stereocenters. The Morgan fingerprint density at radius 3 is 2.65 bits per heavy atom. The largest absolute Gasteiger partial charge is 0.395 e. The number of nitrogens with zero attached hydrogens (tertiary/aromatic N) is 1. The fraction of sp³-hybridized carbons (Fsp3) is 1.00. The summed E-state index contributed by atoms with van der Waals surface area (Å²) >= 11 is 0. The molecule has 3 N–H and O–H groups in total. The molecule has 102 valence electrons. The quantitative estimate of drug-likeness (QED) is 0.629. The molecule has 3 atom stereocenters. The Morgan fingerprint density at radius 1 is 1.35 bits per heavy atom. The minimum Gasteiger partial charge on any atom is -0.395 e. The molecule has 1 rings (SSSR count). The fourth-order valence-electron chi connectivity index (χ4n) is 2.64. The van der Waals surface area contributed by atoms with E-state index in [0.29, 0.717) is 24.4 Å². The molecule has 0 bridgehead atoms. The first-order chi connectivity index (χ1) is 8.02. The van der Waals surface area contributed by atoms with Crippen LogP contribution in [0.15, 0.2) is 0 Å². The lowest BCUT2D eigenvalue weighted by atomic mass is 9.87. The minimum absolute atomic E-state index is 0.190. The molecule has 0 aromatic carbocycles. The van der Waals surface area contributed by atoms with Crippen LogP contribution >= 0.6 is 0 Å². The molecule has 0 saturated carbocycles. The molecular weight excluding hydrogens is 216 g/mol. The number of hydrogen-bond donors (Lipinski definition) is 3. The Kier molecular flexibility index (Phi) is 6.41. The first-order valence-corrected chi connectivity index (χ1v) is 6.73. The van der Waals surface area contributed by atoms with Crippen LogP contribution in [0.4, 0.5) is 0 Å². The third-order valence-corrected chi connectivity index (χ3v) is 3.61. The van der Waals surface area contributed by atoms with E-state index < -0.39 is 0 Å². The highest BCUT2D eigenvalue weighted by Gasteiger charge is 2.27. The molecule has 1 saturated heterocycles. The van der Waals surface area contributed by atoms with E-state index >= 15 is 0 Å². The van der Waals surface area contributed by atoms with Crippen molar-refractivity contribution in [1.29, 1.82) is 0 Å². The van der Waals surface area contributed by atoms with Gasteiger partial charge in [0, 0.05) is 25.7 Å². The van der Waals surface area contributed by atoms with Crippen LogP contribution in [-0.4, -0.2) is 60.5 Å². The standard InChI is InChI=1S/C13H28N2O2/c1-10(2)13(17)7-11-6-12(14-4-5-16)9-15(3)8-11/h10-14,16-17H,4-9H2,1-3H3. The molecule has 0 aliphatic carbocycles. The highest BCUT2D eigenvalue weighted by molar-refractivity contribution is 4.83. The zero-order chi connectivity index (χ0) is 12.8. The van der Waals surface area contributed by atoms with Gasteiger partial charge in [-0.25, -0.2) is 0 Å². The smallest absolute Gasteiger partial charge is 0.0566 e. The zero-order valence-corrected chi connectivity index (χ0v) is 11.4. The maximum absolute atomic E-state index is 9.95. The molecule has 0 radical (unpaired) electrons. The SMILES string of the molecule is CC(C)C(O)CC1CC(NCCO)CN(C)C1. The fourth-order valence-corrected chi connectivity index (χ4v) is 2.64. The van der Waals surface area contributed by atoms with Gasteiger partial charge in [-0.2, -0.15) is 0 Å². The summed E-state index contributed by atoms with van der Waals surface area (Å²) in [6.07, 6.45) is 1.80. The number of hydrogen-bond acceptors (Lipinski definition) is 4. The predicted molar refractivity (Wildman–Crippen MR) is 69.9 cm³/mol. The van der Waals surface area contributed by atoms with Crippen LogP contribution in [0.25, 0.3) is 0 Å². The van der Waals surface area contributed by atoms with Crippen molar-refractivity contribution in [3.63, 3.8) is 0 Å². The first kappa shape index (κ1) is 14.9. The van der Waals surface area contributed by atoms with Crippen LogP contribution in [-0.2, 0) is 0 Å². The number of nitrogens with one attached hydrogen (secondary N) is 1. The second kappa shape index (κ2) is 7.31. The topological polar surface area (TPSA) is 55.7 Å². The molecule has 1 heterocycles. The summed E-state index contributed by atoms with van der Waals surface area (Å²) < 4.78 is 0. The van der Waals surface area contributed by atoms with Gasteiger partial charge >= 0.3 is 0 Å². The summed E-state index contributed by atoms with van der Waals surface area (Å²) in [7, 11) is 2.13. The van der Waals surface area contributed by atoms with Crippen LogP contribution in [0, 0.1) is 11.8 Å². The molecular formula is C13H28N2O2. The van der Waals surface area contributed by atoms with Gasteiger partial charge in [-0.3, -0.25) is 0 Å². The number of aliphatic hydroxyl groups excluding tert-OH is 2. The van der Waals surface area contributed by atoms with E-state index in [1.54, 1.807) is 0 Å². The normalized spacial score (nSPS) is 28.6. The van der Waals surface area contributed by atoms with E-state index in [0.717, 1.165) is 25.9 Å². The summed E-state index contributed by atoms with van der Waals surface area (Å²) in [6.45, 7) is 7.10. The average molecular weight is 244 g/mol. The van der Waals surface area contributed by atoms with E-state index in [4.69, 9.17) is 5.11 Å². The minimum atomic E-state index is -0.190. The zero-order valence-electron chi connectivity index (χ0n) is 11.4. The van der Waals surface area contributed by atoms with Crippen LogP contribution in [0.2, 0.25) is 0 Å². The van der Waals surface area contributed by atoms with Crippen LogP contribution in [0.1, 0.15) is 26.7 Å². The van der Waals surface area contributed by atoms with Gasteiger partial charge in [0.25, 0.3) is 0 Å². The summed E-state index contributed by atoms with van der Waals surface area (Å²) in [5.41, 5.74) is 0. The number of likely N-dealkylation sites (N-methyl/N-ethyl adjacent to an activating group) is 1. The second-order valence-corrected chi connectivity index (χ2v) is 5.74. The molecule has 4 heteroatoms. The molecule has 0 aromatic rings. The van der Waals surface area contributed by atoms with E-state index in [2.05, 4.69) is 31.1 Å². The number of piperidine rings is 1. The molecule has 17 heavy (non-hydrogen) atoms. The summed E-state index contributed by atoms with van der Waals surface area (Å²) in [5.74, 6) is 0.897. The van der Waals surface area contributed by atoms with Gasteiger partial charge in [-0.05, 0) is 31.7 Å². The summed E-state index contributed by atoms with van der Waals surface area (Å²) in [6, 6.07) is 0.449. The highest BCUT2D eigenvalue weighted by atomic mass is 16.3. The van der Waals surface area contributed by atoms with Crippen LogP contribution in [0.5, 0.6) is 0 Å². The Labute approximate surface area is 105 Å². The monoisotopic (exact) mass is 244 g/mol. The van der Waals surface area contributed by atoms with Crippen LogP contribution < -0.4 is 5.32 Å². The van der Waals surface area contributed by atoms with Gasteiger partial charge in [-0.1, -0.05) is 13.8 Å². The number of rotatable bonds is 6. The van der Waals surface area contributed by atoms with Crippen molar-refractivity contribution in [2.75, 3.05) is 33.3 Å². The first-order valence-electron chi connectivity index (χ1n) is 6.73. The van der Waals surface area contributed by atoms with Gasteiger partial charge < -0.3 is 20.4 Å². The lowest BCUT2D eigenvalue weighted by Crippen LogP contribution is -2.49. The third kappa shape index (κ3) is 5.34.